The van der Waals surface area contributed by atoms with Crippen LogP contribution in [0, 0.1) is 12.8 Å². The number of hydrogen-bond acceptors (Lipinski definition) is 6. The zero-order valence-corrected chi connectivity index (χ0v) is 16.4. The minimum atomic E-state index is 0.0255. The van der Waals surface area contributed by atoms with Crippen molar-refractivity contribution in [3.8, 4) is 5.75 Å². The van der Waals surface area contributed by atoms with E-state index in [9.17, 15) is 4.79 Å². The number of amides is 1. The normalized spacial score (nSPS) is 22.6. The Labute approximate surface area is 165 Å². The third-order valence-corrected chi connectivity index (χ3v) is 5.36. The molecule has 2 aromatic rings. The molecule has 0 N–H and O–H groups in total. The lowest BCUT2D eigenvalue weighted by Gasteiger charge is -2.31. The van der Waals surface area contributed by atoms with Crippen LogP contribution in [0.25, 0.3) is 0 Å². The molecule has 0 aliphatic carbocycles. The maximum Gasteiger partial charge on any atom is 0.254 e. The average molecular weight is 382 g/mol. The predicted octanol–water partition coefficient (Wildman–Crippen LogP) is 1.77. The second kappa shape index (κ2) is 8.24. The Bertz CT molecular complexity index is 827. The molecule has 2 bridgehead atoms. The van der Waals surface area contributed by atoms with Crippen LogP contribution in [0.5, 0.6) is 5.75 Å². The molecule has 28 heavy (non-hydrogen) atoms. The van der Waals surface area contributed by atoms with Crippen LogP contribution in [0.3, 0.4) is 0 Å². The molecule has 148 valence electrons. The zero-order valence-electron chi connectivity index (χ0n) is 16.4. The van der Waals surface area contributed by atoms with Gasteiger partial charge in [0.05, 0.1) is 26.4 Å². The predicted molar refractivity (Wildman–Crippen MR) is 104 cm³/mol. The van der Waals surface area contributed by atoms with Crippen molar-refractivity contribution in [2.24, 2.45) is 5.92 Å². The number of methoxy groups -OCH3 is 1. The smallest absolute Gasteiger partial charge is 0.254 e. The van der Waals surface area contributed by atoms with Crippen molar-refractivity contribution in [1.82, 2.24) is 19.8 Å². The van der Waals surface area contributed by atoms with E-state index in [1.807, 2.05) is 42.4 Å². The van der Waals surface area contributed by atoms with Crippen LogP contribution >= 0.6 is 0 Å². The Kier molecular flexibility index (Phi) is 5.54. The van der Waals surface area contributed by atoms with Crippen molar-refractivity contribution in [1.29, 1.82) is 0 Å². The van der Waals surface area contributed by atoms with Crippen LogP contribution in [-0.2, 0) is 11.3 Å². The number of ether oxygens (including phenoxy) is 2. The quantitative estimate of drug-likeness (QED) is 0.803. The highest BCUT2D eigenvalue weighted by Gasteiger charge is 2.36. The fourth-order valence-corrected chi connectivity index (χ4v) is 4.00. The number of rotatable bonds is 4. The lowest BCUT2D eigenvalue weighted by Crippen LogP contribution is -2.46. The standard InChI is InChI=1S/C21H26N4O3/c1-15-22-7-16(8-23-15)9-24-10-17-11-25(19(12-24)14-28-13-17)21(26)18-4-3-5-20(6-18)27-2/h3-8,17,19H,9-14H2,1-2H3/t17-,19-/m0/s1. The van der Waals surface area contributed by atoms with Gasteiger partial charge in [-0.3, -0.25) is 9.69 Å². The highest BCUT2D eigenvalue weighted by Crippen LogP contribution is 2.24. The Morgan fingerprint density at radius 3 is 2.82 bits per heavy atom. The van der Waals surface area contributed by atoms with Crippen molar-refractivity contribution in [2.75, 3.05) is 40.0 Å². The fraction of sp³-hybridized carbons (Fsp3) is 0.476. The molecule has 0 spiro atoms. The summed E-state index contributed by atoms with van der Waals surface area (Å²) in [5.74, 6) is 1.80. The molecule has 2 fully saturated rings. The van der Waals surface area contributed by atoms with E-state index in [1.165, 1.54) is 0 Å². The van der Waals surface area contributed by atoms with Gasteiger partial charge in [0.25, 0.3) is 5.91 Å². The highest BCUT2D eigenvalue weighted by molar-refractivity contribution is 5.95. The summed E-state index contributed by atoms with van der Waals surface area (Å²) in [7, 11) is 1.61. The molecule has 0 radical (unpaired) electrons. The van der Waals surface area contributed by atoms with Crippen LogP contribution < -0.4 is 4.74 Å². The Balaban J connectivity index is 1.52. The summed E-state index contributed by atoms with van der Waals surface area (Å²) in [6.07, 6.45) is 3.78. The molecule has 2 atom stereocenters. The molecule has 4 rings (SSSR count). The second-order valence-corrected chi connectivity index (χ2v) is 7.58. The lowest BCUT2D eigenvalue weighted by atomic mass is 10.1. The first-order chi connectivity index (χ1) is 13.6. The van der Waals surface area contributed by atoms with E-state index in [1.54, 1.807) is 13.2 Å². The monoisotopic (exact) mass is 382 g/mol. The van der Waals surface area contributed by atoms with E-state index in [0.717, 1.165) is 31.0 Å². The van der Waals surface area contributed by atoms with Crippen molar-refractivity contribution >= 4 is 5.91 Å². The minimum absolute atomic E-state index is 0.0255. The molecule has 3 heterocycles. The van der Waals surface area contributed by atoms with Crippen LogP contribution in [0.15, 0.2) is 36.7 Å². The summed E-state index contributed by atoms with van der Waals surface area (Å²) in [6, 6.07) is 7.39. The van der Waals surface area contributed by atoms with Crippen molar-refractivity contribution in [3.05, 3.63) is 53.6 Å². The van der Waals surface area contributed by atoms with Gasteiger partial charge in [0, 0.05) is 55.6 Å². The molecule has 1 amide bonds. The number of carbonyl (C=O) groups is 1. The highest BCUT2D eigenvalue weighted by atomic mass is 16.5. The second-order valence-electron chi connectivity index (χ2n) is 7.58. The molecule has 7 nitrogen and oxygen atoms in total. The fourth-order valence-electron chi connectivity index (χ4n) is 4.00. The van der Waals surface area contributed by atoms with E-state index in [-0.39, 0.29) is 17.9 Å². The van der Waals surface area contributed by atoms with Crippen LogP contribution in [0.1, 0.15) is 21.7 Å². The van der Waals surface area contributed by atoms with Gasteiger partial charge in [0.2, 0.25) is 0 Å². The van der Waals surface area contributed by atoms with Crippen LogP contribution in [0.4, 0.5) is 0 Å². The first-order valence-corrected chi connectivity index (χ1v) is 9.65. The molecule has 0 saturated carbocycles. The third kappa shape index (κ3) is 4.15. The molecule has 1 aromatic carbocycles. The van der Waals surface area contributed by atoms with E-state index < -0.39 is 0 Å². The number of aryl methyl sites for hydroxylation is 1. The summed E-state index contributed by atoms with van der Waals surface area (Å²) >= 11 is 0. The van der Waals surface area contributed by atoms with Crippen LogP contribution in [-0.4, -0.2) is 71.7 Å². The number of fused-ring (bicyclic) bond motifs is 3. The van der Waals surface area contributed by atoms with Gasteiger partial charge in [0.1, 0.15) is 11.6 Å². The summed E-state index contributed by atoms with van der Waals surface area (Å²) in [5.41, 5.74) is 1.75. The maximum absolute atomic E-state index is 13.2. The third-order valence-electron chi connectivity index (χ3n) is 5.36. The Morgan fingerprint density at radius 1 is 1.21 bits per heavy atom. The summed E-state index contributed by atoms with van der Waals surface area (Å²) < 4.78 is 11.1. The van der Waals surface area contributed by atoms with E-state index in [2.05, 4.69) is 14.9 Å². The van der Waals surface area contributed by atoms with Gasteiger partial charge in [-0.25, -0.2) is 9.97 Å². The van der Waals surface area contributed by atoms with Gasteiger partial charge in [-0.2, -0.15) is 0 Å². The summed E-state index contributed by atoms with van der Waals surface area (Å²) in [6.45, 7) is 6.30. The number of hydrogen-bond donors (Lipinski definition) is 0. The van der Waals surface area contributed by atoms with E-state index >= 15 is 0 Å². The van der Waals surface area contributed by atoms with Crippen molar-refractivity contribution < 1.29 is 14.3 Å². The van der Waals surface area contributed by atoms with Crippen molar-refractivity contribution in [3.63, 3.8) is 0 Å². The molecular formula is C21H26N4O3. The molecule has 0 unspecified atom stereocenters. The van der Waals surface area contributed by atoms with Gasteiger partial charge in [0.15, 0.2) is 0 Å². The lowest BCUT2D eigenvalue weighted by molar-refractivity contribution is 0.0423. The number of nitrogens with zero attached hydrogens (tertiary/aromatic N) is 4. The molecule has 2 aliphatic heterocycles. The van der Waals surface area contributed by atoms with Gasteiger partial charge >= 0.3 is 0 Å². The SMILES string of the molecule is COc1cccc(C(=O)N2C[C@H]3COC[C@@H]2CN(Cc2cnc(C)nc2)C3)c1. The topological polar surface area (TPSA) is 67.8 Å². The van der Waals surface area contributed by atoms with E-state index in [4.69, 9.17) is 9.47 Å². The average Bonchev–Trinajstić information content (AvgIpc) is 3.00. The molecule has 2 saturated heterocycles. The van der Waals surface area contributed by atoms with Gasteiger partial charge in [-0.05, 0) is 25.1 Å². The maximum atomic E-state index is 13.2. The van der Waals surface area contributed by atoms with Gasteiger partial charge in [-0.15, -0.1) is 0 Å². The minimum Gasteiger partial charge on any atom is -0.497 e. The Morgan fingerprint density at radius 2 is 2.04 bits per heavy atom. The number of carbonyl (C=O) groups excluding carboxylic acids is 1. The zero-order chi connectivity index (χ0) is 19.5. The van der Waals surface area contributed by atoms with E-state index in [0.29, 0.717) is 31.1 Å². The first kappa shape index (κ1) is 18.8. The molecule has 1 aromatic heterocycles. The van der Waals surface area contributed by atoms with Crippen molar-refractivity contribution in [2.45, 2.75) is 19.5 Å². The van der Waals surface area contributed by atoms with Gasteiger partial charge in [-0.1, -0.05) is 6.07 Å². The molecular weight excluding hydrogens is 356 g/mol. The summed E-state index contributed by atoms with van der Waals surface area (Å²) in [4.78, 5) is 26.2. The number of benzene rings is 1. The molecule has 7 heteroatoms. The largest absolute Gasteiger partial charge is 0.497 e. The summed E-state index contributed by atoms with van der Waals surface area (Å²) in [5, 5.41) is 0. The first-order valence-electron chi connectivity index (χ1n) is 9.65. The number of aromatic nitrogens is 2. The molecule has 2 aliphatic rings. The van der Waals surface area contributed by atoms with Gasteiger partial charge < -0.3 is 14.4 Å². The Hall–Kier alpha value is -2.51. The van der Waals surface area contributed by atoms with Crippen LogP contribution in [0.2, 0.25) is 0 Å².